The summed E-state index contributed by atoms with van der Waals surface area (Å²) in [6.07, 6.45) is -0.194. The van der Waals surface area contributed by atoms with Gasteiger partial charge in [0.1, 0.15) is 6.10 Å². The van der Waals surface area contributed by atoms with Crippen LogP contribution in [0.4, 0.5) is 0 Å². The molecule has 0 radical (unpaired) electrons. The lowest BCUT2D eigenvalue weighted by atomic mass is 9.99. The van der Waals surface area contributed by atoms with Crippen LogP contribution in [-0.4, -0.2) is 35.7 Å². The predicted octanol–water partition coefficient (Wildman–Crippen LogP) is 0.707. The van der Waals surface area contributed by atoms with Crippen molar-refractivity contribution in [1.82, 2.24) is 5.32 Å². The Morgan fingerprint density at radius 3 is 2.06 bits per heavy atom. The molecule has 0 saturated carbocycles. The third-order valence-corrected chi connectivity index (χ3v) is 2.40. The molecule has 0 aromatic rings. The summed E-state index contributed by atoms with van der Waals surface area (Å²) in [4.78, 5) is 21.4. The lowest BCUT2D eigenvalue weighted by molar-refractivity contribution is -0.175. The van der Waals surface area contributed by atoms with Crippen LogP contribution in [0.25, 0.3) is 0 Å². The summed E-state index contributed by atoms with van der Waals surface area (Å²) in [6.45, 7) is 10.0. The number of amides is 1. The number of rotatable bonds is 1. The van der Waals surface area contributed by atoms with Crippen molar-refractivity contribution in [2.75, 3.05) is 6.61 Å². The number of esters is 1. The summed E-state index contributed by atoms with van der Waals surface area (Å²) in [6, 6.07) is -0.345. The average molecular weight is 245 g/mol. The van der Waals surface area contributed by atoms with Crippen molar-refractivity contribution >= 4 is 11.9 Å². The van der Waals surface area contributed by atoms with E-state index in [1.807, 2.05) is 27.7 Å². The third-order valence-electron chi connectivity index (χ3n) is 2.40. The van der Waals surface area contributed by atoms with Gasteiger partial charge in [0.05, 0.1) is 5.92 Å². The normalized spacial score (nSPS) is 28.8. The number of carbonyl (C=O) groups is 2. The number of aliphatic hydroxyl groups is 1. The monoisotopic (exact) mass is 245 g/mol. The molecule has 0 bridgehead atoms. The topological polar surface area (TPSA) is 75.6 Å². The molecular formula is C12H23NO4. The molecule has 17 heavy (non-hydrogen) atoms. The van der Waals surface area contributed by atoms with E-state index in [-0.39, 0.29) is 29.9 Å². The maximum atomic E-state index is 10.8. The number of hydrogen-bond acceptors (Lipinski definition) is 4. The zero-order valence-corrected chi connectivity index (χ0v) is 11.2. The minimum atomic E-state index is -0.345. The third kappa shape index (κ3) is 4.00. The number of carbonyl (C=O) groups excluding carboxylic acids is 2. The Morgan fingerprint density at radius 2 is 1.82 bits per heavy atom. The van der Waals surface area contributed by atoms with Crippen LogP contribution >= 0.6 is 0 Å². The van der Waals surface area contributed by atoms with Crippen LogP contribution in [0.3, 0.4) is 0 Å². The first-order valence-corrected chi connectivity index (χ1v) is 6.09. The standard InChI is InChI=1S/C6H7NO3.C4H10O.C2H6/c1-2-4-3(6(9)10-4)7-5(2)8;1-4(2)3-5;1-2/h2-4H,1H3,(H,7,8);4-5H,3H2,1-2H3;1-2H3. The van der Waals surface area contributed by atoms with Gasteiger partial charge in [-0.1, -0.05) is 27.7 Å². The van der Waals surface area contributed by atoms with E-state index in [1.54, 1.807) is 6.92 Å². The van der Waals surface area contributed by atoms with Gasteiger partial charge in [-0.05, 0) is 12.8 Å². The Labute approximate surface area is 103 Å². The smallest absolute Gasteiger partial charge is 0.332 e. The van der Waals surface area contributed by atoms with Crippen LogP contribution in [0.5, 0.6) is 0 Å². The summed E-state index contributed by atoms with van der Waals surface area (Å²) < 4.78 is 4.72. The highest BCUT2D eigenvalue weighted by atomic mass is 16.6. The second kappa shape index (κ2) is 7.27. The van der Waals surface area contributed by atoms with Gasteiger partial charge in [0.15, 0.2) is 6.04 Å². The Hall–Kier alpha value is -1.10. The van der Waals surface area contributed by atoms with Gasteiger partial charge >= 0.3 is 5.97 Å². The van der Waals surface area contributed by atoms with E-state index in [1.165, 1.54) is 0 Å². The summed E-state index contributed by atoms with van der Waals surface area (Å²) in [7, 11) is 0. The first kappa shape index (κ1) is 15.9. The molecule has 2 aliphatic rings. The Kier molecular flexibility index (Phi) is 6.80. The van der Waals surface area contributed by atoms with E-state index >= 15 is 0 Å². The molecule has 100 valence electrons. The molecule has 0 spiro atoms. The van der Waals surface area contributed by atoms with Crippen molar-refractivity contribution < 1.29 is 19.4 Å². The molecule has 2 N–H and O–H groups in total. The fourth-order valence-electron chi connectivity index (χ4n) is 1.30. The van der Waals surface area contributed by atoms with Gasteiger partial charge in [-0.15, -0.1) is 0 Å². The van der Waals surface area contributed by atoms with Crippen LogP contribution in [0.1, 0.15) is 34.6 Å². The van der Waals surface area contributed by atoms with Gasteiger partial charge in [-0.2, -0.15) is 0 Å². The highest BCUT2D eigenvalue weighted by Gasteiger charge is 2.54. The molecule has 5 nitrogen and oxygen atoms in total. The van der Waals surface area contributed by atoms with Crippen molar-refractivity contribution in [3.05, 3.63) is 0 Å². The van der Waals surface area contributed by atoms with Gasteiger partial charge < -0.3 is 15.2 Å². The molecule has 3 atom stereocenters. The van der Waals surface area contributed by atoms with E-state index < -0.39 is 0 Å². The maximum Gasteiger partial charge on any atom is 0.332 e. The zero-order valence-electron chi connectivity index (χ0n) is 11.2. The molecule has 3 unspecified atom stereocenters. The fraction of sp³-hybridized carbons (Fsp3) is 0.833. The van der Waals surface area contributed by atoms with Gasteiger partial charge in [-0.3, -0.25) is 4.79 Å². The van der Waals surface area contributed by atoms with E-state index in [2.05, 4.69) is 5.32 Å². The first-order chi connectivity index (χ1) is 7.97. The minimum absolute atomic E-state index is 0.0825. The molecule has 5 heteroatoms. The molecule has 0 aliphatic carbocycles. The number of fused-ring (bicyclic) bond motifs is 1. The van der Waals surface area contributed by atoms with Crippen LogP contribution in [0, 0.1) is 11.8 Å². The number of aliphatic hydroxyl groups excluding tert-OH is 1. The van der Waals surface area contributed by atoms with Gasteiger partial charge in [-0.25, -0.2) is 4.79 Å². The Balaban J connectivity index is 0.000000315. The summed E-state index contributed by atoms with van der Waals surface area (Å²) in [5, 5.41) is 10.7. The molecule has 1 amide bonds. The van der Waals surface area contributed by atoms with E-state index in [0.29, 0.717) is 12.5 Å². The summed E-state index contributed by atoms with van der Waals surface area (Å²) in [5.41, 5.74) is 0. The van der Waals surface area contributed by atoms with Crippen molar-refractivity contribution in [2.24, 2.45) is 11.8 Å². The van der Waals surface area contributed by atoms with Crippen molar-refractivity contribution in [1.29, 1.82) is 0 Å². The Bertz CT molecular complexity index is 265. The average Bonchev–Trinajstić information content (AvgIpc) is 2.56. The number of ether oxygens (including phenoxy) is 1. The molecule has 2 rings (SSSR count). The first-order valence-electron chi connectivity index (χ1n) is 6.09. The van der Waals surface area contributed by atoms with Gasteiger partial charge in [0, 0.05) is 6.61 Å². The molecule has 2 saturated heterocycles. The van der Waals surface area contributed by atoms with Crippen LogP contribution < -0.4 is 5.32 Å². The van der Waals surface area contributed by atoms with E-state index in [4.69, 9.17) is 9.84 Å². The lowest BCUT2D eigenvalue weighted by Gasteiger charge is -2.29. The van der Waals surface area contributed by atoms with Crippen molar-refractivity contribution in [3.63, 3.8) is 0 Å². The summed E-state index contributed by atoms with van der Waals surface area (Å²) in [5.74, 6) is -0.110. The highest BCUT2D eigenvalue weighted by Crippen LogP contribution is 2.28. The van der Waals surface area contributed by atoms with Gasteiger partial charge in [0.25, 0.3) is 0 Å². The largest absolute Gasteiger partial charge is 0.457 e. The Morgan fingerprint density at radius 1 is 1.35 bits per heavy atom. The molecule has 0 aromatic heterocycles. The van der Waals surface area contributed by atoms with Crippen molar-refractivity contribution in [3.8, 4) is 0 Å². The second-order valence-electron chi connectivity index (χ2n) is 4.25. The molecule has 2 fully saturated rings. The maximum absolute atomic E-state index is 10.8. The van der Waals surface area contributed by atoms with E-state index in [9.17, 15) is 9.59 Å². The molecule has 0 aromatic carbocycles. The molecule has 2 heterocycles. The second-order valence-corrected chi connectivity index (χ2v) is 4.25. The zero-order chi connectivity index (χ0) is 13.6. The molecular weight excluding hydrogens is 222 g/mol. The SMILES string of the molecule is CC.CC(C)CO.CC1C(=O)NC2C(=O)OC12. The highest BCUT2D eigenvalue weighted by molar-refractivity contribution is 5.95. The fourth-order valence-corrected chi connectivity index (χ4v) is 1.30. The molecule has 2 aliphatic heterocycles. The lowest BCUT2D eigenvalue weighted by Crippen LogP contribution is -2.53. The van der Waals surface area contributed by atoms with Crippen molar-refractivity contribution in [2.45, 2.75) is 46.8 Å². The number of hydrogen-bond donors (Lipinski definition) is 2. The minimum Gasteiger partial charge on any atom is -0.457 e. The van der Waals surface area contributed by atoms with Crippen LogP contribution in [-0.2, 0) is 14.3 Å². The van der Waals surface area contributed by atoms with E-state index in [0.717, 1.165) is 0 Å². The number of nitrogens with one attached hydrogen (secondary N) is 1. The van der Waals surface area contributed by atoms with Crippen LogP contribution in [0.15, 0.2) is 0 Å². The van der Waals surface area contributed by atoms with Gasteiger partial charge in [0.2, 0.25) is 5.91 Å². The predicted molar refractivity (Wildman–Crippen MR) is 64.2 cm³/mol. The van der Waals surface area contributed by atoms with Crippen LogP contribution in [0.2, 0.25) is 0 Å². The summed E-state index contributed by atoms with van der Waals surface area (Å²) >= 11 is 0. The quantitative estimate of drug-likeness (QED) is 0.667.